The molecule has 0 saturated carbocycles. The fourth-order valence-corrected chi connectivity index (χ4v) is 4.13. The molecule has 1 aliphatic rings. The van der Waals surface area contributed by atoms with Crippen molar-refractivity contribution in [1.82, 2.24) is 14.7 Å². The molecule has 1 aliphatic heterocycles. The van der Waals surface area contributed by atoms with Crippen molar-refractivity contribution in [1.29, 1.82) is 0 Å². The van der Waals surface area contributed by atoms with Crippen molar-refractivity contribution < 1.29 is 0 Å². The van der Waals surface area contributed by atoms with Crippen LogP contribution in [0.1, 0.15) is 30.1 Å². The first-order chi connectivity index (χ1) is 11.8. The Morgan fingerprint density at radius 2 is 1.83 bits per heavy atom. The Labute approximate surface area is 147 Å². The summed E-state index contributed by atoms with van der Waals surface area (Å²) in [6, 6.07) is 13.9. The van der Waals surface area contributed by atoms with Gasteiger partial charge in [-0.05, 0) is 59.3 Å². The molecule has 0 amide bonds. The van der Waals surface area contributed by atoms with E-state index < -0.39 is 0 Å². The molecule has 124 valence electrons. The second kappa shape index (κ2) is 6.91. The molecule has 1 fully saturated rings. The molecule has 4 heteroatoms. The lowest BCUT2D eigenvalue weighted by Gasteiger charge is -2.32. The third-order valence-corrected chi connectivity index (χ3v) is 5.57. The predicted octanol–water partition coefficient (Wildman–Crippen LogP) is 4.76. The number of thiophene rings is 1. The number of hydrogen-bond donors (Lipinski definition) is 0. The highest BCUT2D eigenvalue weighted by molar-refractivity contribution is 7.08. The van der Waals surface area contributed by atoms with E-state index in [2.05, 4.69) is 75.0 Å². The summed E-state index contributed by atoms with van der Waals surface area (Å²) in [6.45, 7) is 5.41. The molecule has 1 saturated heterocycles. The average Bonchev–Trinajstić information content (AvgIpc) is 3.28. The standard InChI is InChI=1S/C20H23N3S/c1-16-6-12-23(21-16)20-7-10-22(11-8-20)14-17-2-4-18(5-3-17)19-9-13-24-15-19/h2-6,9,12-13,15,20H,7-8,10-11,14H2,1H3. The fraction of sp³-hybridized carbons (Fsp3) is 0.350. The van der Waals surface area contributed by atoms with Gasteiger partial charge in [-0.3, -0.25) is 9.58 Å². The predicted molar refractivity (Wildman–Crippen MR) is 100 cm³/mol. The molecule has 0 spiro atoms. The van der Waals surface area contributed by atoms with E-state index in [1.165, 1.54) is 29.5 Å². The lowest BCUT2D eigenvalue weighted by Crippen LogP contribution is -2.34. The summed E-state index contributed by atoms with van der Waals surface area (Å²) >= 11 is 1.75. The van der Waals surface area contributed by atoms with Gasteiger partial charge in [0.05, 0.1) is 11.7 Å². The first-order valence-corrected chi connectivity index (χ1v) is 9.58. The second-order valence-corrected chi connectivity index (χ2v) is 7.43. The van der Waals surface area contributed by atoms with Crippen LogP contribution in [0, 0.1) is 6.92 Å². The second-order valence-electron chi connectivity index (χ2n) is 6.65. The average molecular weight is 337 g/mol. The lowest BCUT2D eigenvalue weighted by molar-refractivity contribution is 0.173. The maximum Gasteiger partial charge on any atom is 0.0593 e. The van der Waals surface area contributed by atoms with Crippen molar-refractivity contribution in [2.75, 3.05) is 13.1 Å². The van der Waals surface area contributed by atoms with Crippen LogP contribution in [0.5, 0.6) is 0 Å². The quantitative estimate of drug-likeness (QED) is 0.684. The number of likely N-dealkylation sites (tertiary alicyclic amines) is 1. The van der Waals surface area contributed by atoms with Gasteiger partial charge in [-0.15, -0.1) is 0 Å². The highest BCUT2D eigenvalue weighted by atomic mass is 32.1. The molecule has 3 nitrogen and oxygen atoms in total. The van der Waals surface area contributed by atoms with Crippen LogP contribution in [0.3, 0.4) is 0 Å². The monoisotopic (exact) mass is 337 g/mol. The minimum Gasteiger partial charge on any atom is -0.299 e. The molecule has 0 atom stereocenters. The minimum atomic E-state index is 0.566. The molecule has 4 rings (SSSR count). The Balaban J connectivity index is 1.33. The zero-order chi connectivity index (χ0) is 16.4. The van der Waals surface area contributed by atoms with E-state index in [9.17, 15) is 0 Å². The van der Waals surface area contributed by atoms with Crippen molar-refractivity contribution in [2.45, 2.75) is 32.4 Å². The smallest absolute Gasteiger partial charge is 0.0593 e. The van der Waals surface area contributed by atoms with Crippen LogP contribution in [-0.2, 0) is 6.54 Å². The minimum absolute atomic E-state index is 0.566. The van der Waals surface area contributed by atoms with Gasteiger partial charge >= 0.3 is 0 Å². The largest absolute Gasteiger partial charge is 0.299 e. The summed E-state index contributed by atoms with van der Waals surface area (Å²) in [5, 5.41) is 8.91. The van der Waals surface area contributed by atoms with Crippen molar-refractivity contribution in [3.63, 3.8) is 0 Å². The zero-order valence-corrected chi connectivity index (χ0v) is 14.9. The molecule has 2 aromatic heterocycles. The van der Waals surface area contributed by atoms with Crippen molar-refractivity contribution in [3.05, 3.63) is 64.6 Å². The molecule has 0 unspecified atom stereocenters. The van der Waals surface area contributed by atoms with Crippen LogP contribution in [0.4, 0.5) is 0 Å². The van der Waals surface area contributed by atoms with Gasteiger partial charge in [0.1, 0.15) is 0 Å². The van der Waals surface area contributed by atoms with Crippen LogP contribution >= 0.6 is 11.3 Å². The molecule has 1 aromatic carbocycles. The van der Waals surface area contributed by atoms with Gasteiger partial charge in [0, 0.05) is 25.8 Å². The Kier molecular flexibility index (Phi) is 4.50. The molecule has 0 N–H and O–H groups in total. The van der Waals surface area contributed by atoms with E-state index in [1.807, 2.05) is 0 Å². The van der Waals surface area contributed by atoms with Crippen LogP contribution in [0.15, 0.2) is 53.4 Å². The number of nitrogens with zero attached hydrogens (tertiary/aromatic N) is 3. The van der Waals surface area contributed by atoms with Gasteiger partial charge in [-0.25, -0.2) is 0 Å². The van der Waals surface area contributed by atoms with E-state index in [0.717, 1.165) is 25.3 Å². The van der Waals surface area contributed by atoms with Gasteiger partial charge in [0.15, 0.2) is 0 Å². The van der Waals surface area contributed by atoms with Gasteiger partial charge < -0.3 is 0 Å². The zero-order valence-electron chi connectivity index (χ0n) is 14.1. The van der Waals surface area contributed by atoms with E-state index in [1.54, 1.807) is 11.3 Å². The SMILES string of the molecule is Cc1ccn(C2CCN(Cc3ccc(-c4ccsc4)cc3)CC2)n1. The lowest BCUT2D eigenvalue weighted by atomic mass is 10.0. The summed E-state index contributed by atoms with van der Waals surface area (Å²) in [4.78, 5) is 2.56. The Bertz CT molecular complexity index is 766. The van der Waals surface area contributed by atoms with Gasteiger partial charge in [0.2, 0.25) is 0 Å². The van der Waals surface area contributed by atoms with Crippen LogP contribution in [0.25, 0.3) is 11.1 Å². The van der Waals surface area contributed by atoms with Crippen molar-refractivity contribution in [2.24, 2.45) is 0 Å². The van der Waals surface area contributed by atoms with Crippen molar-refractivity contribution in [3.8, 4) is 11.1 Å². The molecule has 0 radical (unpaired) electrons. The maximum atomic E-state index is 4.58. The third-order valence-electron chi connectivity index (χ3n) is 4.89. The molecule has 0 aliphatic carbocycles. The van der Waals surface area contributed by atoms with Crippen LogP contribution in [0.2, 0.25) is 0 Å². The number of hydrogen-bond acceptors (Lipinski definition) is 3. The molecule has 3 heterocycles. The molecule has 24 heavy (non-hydrogen) atoms. The fourth-order valence-electron chi connectivity index (χ4n) is 3.47. The van der Waals surface area contributed by atoms with Gasteiger partial charge in [0.25, 0.3) is 0 Å². The van der Waals surface area contributed by atoms with E-state index in [0.29, 0.717) is 6.04 Å². The topological polar surface area (TPSA) is 21.1 Å². The molecular formula is C20H23N3S. The Hall–Kier alpha value is -1.91. The summed E-state index contributed by atoms with van der Waals surface area (Å²) in [7, 11) is 0. The summed E-state index contributed by atoms with van der Waals surface area (Å²) < 4.78 is 2.16. The summed E-state index contributed by atoms with van der Waals surface area (Å²) in [5.41, 5.74) is 5.15. The first-order valence-electron chi connectivity index (χ1n) is 8.63. The number of benzene rings is 1. The van der Waals surface area contributed by atoms with Crippen molar-refractivity contribution >= 4 is 11.3 Å². The maximum absolute atomic E-state index is 4.58. The van der Waals surface area contributed by atoms with Gasteiger partial charge in [-0.1, -0.05) is 24.3 Å². The van der Waals surface area contributed by atoms with Crippen LogP contribution < -0.4 is 0 Å². The molecule has 3 aromatic rings. The number of aryl methyl sites for hydroxylation is 1. The first kappa shape index (κ1) is 15.6. The highest BCUT2D eigenvalue weighted by Crippen LogP contribution is 2.25. The third kappa shape index (κ3) is 3.45. The molecular weight excluding hydrogens is 314 g/mol. The highest BCUT2D eigenvalue weighted by Gasteiger charge is 2.20. The van der Waals surface area contributed by atoms with E-state index in [4.69, 9.17) is 0 Å². The van der Waals surface area contributed by atoms with Gasteiger partial charge in [-0.2, -0.15) is 16.4 Å². The summed E-state index contributed by atoms with van der Waals surface area (Å²) in [5.74, 6) is 0. The van der Waals surface area contributed by atoms with E-state index in [-0.39, 0.29) is 0 Å². The van der Waals surface area contributed by atoms with E-state index >= 15 is 0 Å². The number of aromatic nitrogens is 2. The number of rotatable bonds is 4. The Morgan fingerprint density at radius 3 is 2.46 bits per heavy atom. The number of piperidine rings is 1. The normalized spacial score (nSPS) is 16.5. The summed E-state index contributed by atoms with van der Waals surface area (Å²) in [6.07, 6.45) is 4.50. The molecule has 0 bridgehead atoms. The Morgan fingerprint density at radius 1 is 1.04 bits per heavy atom. The van der Waals surface area contributed by atoms with Crippen LogP contribution in [-0.4, -0.2) is 27.8 Å².